The molecule has 1 fully saturated rings. The number of rotatable bonds is 2. The molecule has 1 aliphatic rings. The fourth-order valence-corrected chi connectivity index (χ4v) is 2.32. The number of hydrogen-bond acceptors (Lipinski definition) is 3. The van der Waals surface area contributed by atoms with Crippen molar-refractivity contribution < 1.29 is 14.1 Å². The van der Waals surface area contributed by atoms with Gasteiger partial charge in [0.2, 0.25) is 5.91 Å². The molecule has 1 aliphatic heterocycles. The molecule has 2 heterocycles. The Balaban J connectivity index is 2.41. The van der Waals surface area contributed by atoms with E-state index in [1.165, 1.54) is 0 Å². The number of nitrogens with zero attached hydrogens (tertiary/aromatic N) is 1. The molecule has 1 aromatic heterocycles. The highest BCUT2D eigenvalue weighted by Crippen LogP contribution is 2.37. The molecule has 0 N–H and O–H groups in total. The van der Waals surface area contributed by atoms with Crippen LogP contribution in [0.1, 0.15) is 64.7 Å². The van der Waals surface area contributed by atoms with Crippen LogP contribution >= 0.6 is 0 Å². The monoisotopic (exact) mass is 277 g/mol. The van der Waals surface area contributed by atoms with E-state index in [4.69, 9.17) is 9.31 Å². The number of carbonyl (C=O) groups is 1. The van der Waals surface area contributed by atoms with E-state index in [1.54, 1.807) is 11.5 Å². The molecule has 110 valence electrons. The molecular weight excluding hydrogens is 253 g/mol. The molecule has 2 rings (SSSR count). The third-order valence-corrected chi connectivity index (χ3v) is 4.38. The Morgan fingerprint density at radius 3 is 2.05 bits per heavy atom. The quantitative estimate of drug-likeness (QED) is 0.780. The van der Waals surface area contributed by atoms with Crippen LogP contribution in [0.4, 0.5) is 0 Å². The molecule has 0 saturated carbocycles. The number of hydrogen-bond donors (Lipinski definition) is 0. The largest absolute Gasteiger partial charge is 0.496 e. The van der Waals surface area contributed by atoms with Crippen molar-refractivity contribution in [1.29, 1.82) is 0 Å². The lowest BCUT2D eigenvalue weighted by atomic mass is 9.76. The van der Waals surface area contributed by atoms with E-state index in [0.29, 0.717) is 5.92 Å². The molecule has 0 radical (unpaired) electrons. The van der Waals surface area contributed by atoms with Crippen LogP contribution in [-0.2, 0) is 9.31 Å². The summed E-state index contributed by atoms with van der Waals surface area (Å²) in [5.41, 5.74) is 1.31. The minimum atomic E-state index is -0.419. The molecule has 0 aliphatic carbocycles. The van der Waals surface area contributed by atoms with E-state index >= 15 is 0 Å². The van der Waals surface area contributed by atoms with Gasteiger partial charge in [-0.05, 0) is 39.2 Å². The van der Waals surface area contributed by atoms with Crippen LogP contribution in [0, 0.1) is 0 Å². The average molecular weight is 277 g/mol. The summed E-state index contributed by atoms with van der Waals surface area (Å²) in [4.78, 5) is 11.6. The maximum absolute atomic E-state index is 11.6. The molecule has 5 heteroatoms. The van der Waals surface area contributed by atoms with Crippen LogP contribution in [0.15, 0.2) is 12.4 Å². The minimum Gasteiger partial charge on any atom is -0.399 e. The van der Waals surface area contributed by atoms with Crippen LogP contribution < -0.4 is 5.46 Å². The SMILES string of the molecule is CC(=O)n1cc(B2OC(C)(C)C(C)(C)O2)c(C(C)C)c1. The highest BCUT2D eigenvalue weighted by atomic mass is 16.7. The van der Waals surface area contributed by atoms with Crippen LogP contribution in [0.2, 0.25) is 0 Å². The second kappa shape index (κ2) is 4.74. The van der Waals surface area contributed by atoms with Gasteiger partial charge in [0.05, 0.1) is 11.2 Å². The molecule has 0 unspecified atom stereocenters. The molecule has 0 bridgehead atoms. The lowest BCUT2D eigenvalue weighted by Crippen LogP contribution is -2.41. The second-order valence-corrected chi connectivity index (χ2v) is 6.84. The Hall–Kier alpha value is -1.07. The fourth-order valence-electron chi connectivity index (χ4n) is 2.32. The van der Waals surface area contributed by atoms with Gasteiger partial charge in [0.1, 0.15) is 0 Å². The van der Waals surface area contributed by atoms with Gasteiger partial charge in [-0.25, -0.2) is 0 Å². The predicted octanol–water partition coefficient (Wildman–Crippen LogP) is 2.57. The van der Waals surface area contributed by atoms with E-state index in [0.717, 1.165) is 11.0 Å². The Morgan fingerprint density at radius 1 is 1.15 bits per heavy atom. The summed E-state index contributed by atoms with van der Waals surface area (Å²) in [6.07, 6.45) is 3.72. The summed E-state index contributed by atoms with van der Waals surface area (Å²) < 4.78 is 13.8. The molecule has 0 spiro atoms. The van der Waals surface area contributed by atoms with Gasteiger partial charge in [-0.3, -0.25) is 9.36 Å². The predicted molar refractivity (Wildman–Crippen MR) is 80.5 cm³/mol. The first-order chi connectivity index (χ1) is 9.05. The first kappa shape index (κ1) is 15.3. The molecule has 1 aromatic rings. The van der Waals surface area contributed by atoms with Crippen molar-refractivity contribution in [2.75, 3.05) is 0 Å². The van der Waals surface area contributed by atoms with Crippen LogP contribution in [0.3, 0.4) is 0 Å². The number of aromatic nitrogens is 1. The van der Waals surface area contributed by atoms with Gasteiger partial charge < -0.3 is 9.31 Å². The highest BCUT2D eigenvalue weighted by Gasteiger charge is 2.52. The van der Waals surface area contributed by atoms with Crippen molar-refractivity contribution in [3.8, 4) is 0 Å². The van der Waals surface area contributed by atoms with Crippen molar-refractivity contribution in [3.63, 3.8) is 0 Å². The van der Waals surface area contributed by atoms with Gasteiger partial charge in [-0.15, -0.1) is 0 Å². The first-order valence-electron chi connectivity index (χ1n) is 7.13. The van der Waals surface area contributed by atoms with Crippen molar-refractivity contribution >= 4 is 18.5 Å². The molecular formula is C15H24BNO3. The van der Waals surface area contributed by atoms with Crippen molar-refractivity contribution in [3.05, 3.63) is 18.0 Å². The summed E-state index contributed by atoms with van der Waals surface area (Å²) in [5, 5.41) is 0. The van der Waals surface area contributed by atoms with Crippen LogP contribution in [0.5, 0.6) is 0 Å². The third kappa shape index (κ3) is 2.45. The molecule has 0 amide bonds. The topological polar surface area (TPSA) is 40.5 Å². The lowest BCUT2D eigenvalue weighted by Gasteiger charge is -2.32. The van der Waals surface area contributed by atoms with Crippen molar-refractivity contribution in [1.82, 2.24) is 4.57 Å². The van der Waals surface area contributed by atoms with E-state index in [1.807, 2.05) is 40.1 Å². The molecule has 0 atom stereocenters. The molecule has 0 aromatic carbocycles. The molecule has 1 saturated heterocycles. The van der Waals surface area contributed by atoms with Gasteiger partial charge in [-0.2, -0.15) is 0 Å². The zero-order chi connectivity index (χ0) is 15.3. The second-order valence-electron chi connectivity index (χ2n) is 6.84. The Bertz CT molecular complexity index is 515. The summed E-state index contributed by atoms with van der Waals surface area (Å²) in [6, 6.07) is 0. The van der Waals surface area contributed by atoms with Gasteiger partial charge in [0.25, 0.3) is 0 Å². The van der Waals surface area contributed by atoms with Gasteiger partial charge >= 0.3 is 7.12 Å². The number of carbonyl (C=O) groups excluding carboxylic acids is 1. The first-order valence-corrected chi connectivity index (χ1v) is 7.13. The molecule has 20 heavy (non-hydrogen) atoms. The van der Waals surface area contributed by atoms with Crippen molar-refractivity contribution in [2.24, 2.45) is 0 Å². The Labute approximate surface area is 121 Å². The smallest absolute Gasteiger partial charge is 0.399 e. The highest BCUT2D eigenvalue weighted by molar-refractivity contribution is 6.62. The Kier molecular flexibility index (Phi) is 3.63. The molecule has 4 nitrogen and oxygen atoms in total. The van der Waals surface area contributed by atoms with Crippen molar-refractivity contribution in [2.45, 2.75) is 65.6 Å². The maximum Gasteiger partial charge on any atom is 0.496 e. The zero-order valence-electron chi connectivity index (χ0n) is 13.5. The average Bonchev–Trinajstić information content (AvgIpc) is 2.79. The summed E-state index contributed by atoms with van der Waals surface area (Å²) in [6.45, 7) is 13.9. The summed E-state index contributed by atoms with van der Waals surface area (Å²) >= 11 is 0. The summed E-state index contributed by atoms with van der Waals surface area (Å²) in [5.74, 6) is 0.305. The van der Waals surface area contributed by atoms with Gasteiger partial charge in [0, 0.05) is 24.8 Å². The van der Waals surface area contributed by atoms with Crippen LogP contribution in [0.25, 0.3) is 0 Å². The maximum atomic E-state index is 11.6. The summed E-state index contributed by atoms with van der Waals surface area (Å²) in [7, 11) is -0.419. The minimum absolute atomic E-state index is 0.00494. The van der Waals surface area contributed by atoms with Crippen LogP contribution in [-0.4, -0.2) is 28.8 Å². The van der Waals surface area contributed by atoms with E-state index in [-0.39, 0.29) is 17.1 Å². The standard InChI is InChI=1S/C15H24BNO3/c1-10(2)12-8-17(11(3)18)9-13(12)16-19-14(4,5)15(6,7)20-16/h8-10H,1-7H3. The fraction of sp³-hybridized carbons (Fsp3) is 0.667. The van der Waals surface area contributed by atoms with E-state index in [2.05, 4.69) is 13.8 Å². The van der Waals surface area contributed by atoms with Gasteiger partial charge in [0.15, 0.2) is 0 Å². The zero-order valence-corrected chi connectivity index (χ0v) is 13.5. The van der Waals surface area contributed by atoms with Gasteiger partial charge in [-0.1, -0.05) is 13.8 Å². The Morgan fingerprint density at radius 2 is 1.65 bits per heavy atom. The normalized spacial score (nSPS) is 20.7. The van der Waals surface area contributed by atoms with E-state index in [9.17, 15) is 4.79 Å². The van der Waals surface area contributed by atoms with E-state index < -0.39 is 7.12 Å². The lowest BCUT2D eigenvalue weighted by molar-refractivity contribution is 0.00578. The third-order valence-electron chi connectivity index (χ3n) is 4.38.